The van der Waals surface area contributed by atoms with Gasteiger partial charge in [0.1, 0.15) is 5.60 Å². The quantitative estimate of drug-likeness (QED) is 0.855. The summed E-state index contributed by atoms with van der Waals surface area (Å²) < 4.78 is 11.7. The molecule has 0 aromatic carbocycles. The molecular formula is C13H20N2O2. The van der Waals surface area contributed by atoms with E-state index < -0.39 is 0 Å². The van der Waals surface area contributed by atoms with Gasteiger partial charge in [0.2, 0.25) is 0 Å². The van der Waals surface area contributed by atoms with E-state index in [9.17, 15) is 0 Å². The number of nitrogens with one attached hydrogen (secondary N) is 1. The lowest BCUT2D eigenvalue weighted by Gasteiger charge is -2.21. The zero-order valence-electron chi connectivity index (χ0n) is 10.4. The van der Waals surface area contributed by atoms with Crippen LogP contribution in [0.2, 0.25) is 0 Å². The summed E-state index contributed by atoms with van der Waals surface area (Å²) in [5, 5.41) is 3.36. The molecule has 0 radical (unpaired) electrons. The number of aromatic nitrogens is 1. The van der Waals surface area contributed by atoms with Crippen molar-refractivity contribution in [1.82, 2.24) is 10.3 Å². The minimum Gasteiger partial charge on any atom is -0.442 e. The van der Waals surface area contributed by atoms with Gasteiger partial charge in [-0.25, -0.2) is 4.98 Å². The Kier molecular flexibility index (Phi) is 2.92. The van der Waals surface area contributed by atoms with Gasteiger partial charge in [0.25, 0.3) is 0 Å². The summed E-state index contributed by atoms with van der Waals surface area (Å²) in [7, 11) is 0. The van der Waals surface area contributed by atoms with Crippen molar-refractivity contribution in [3.63, 3.8) is 0 Å². The topological polar surface area (TPSA) is 47.3 Å². The summed E-state index contributed by atoms with van der Waals surface area (Å²) in [5.74, 6) is 2.29. The summed E-state index contributed by atoms with van der Waals surface area (Å²) in [6.07, 6.45) is 6.26. The molecule has 94 valence electrons. The first-order valence-electron chi connectivity index (χ1n) is 6.59. The monoisotopic (exact) mass is 236 g/mol. The third-order valence-electron chi connectivity index (χ3n) is 3.95. The Labute approximate surface area is 102 Å². The zero-order chi connectivity index (χ0) is 11.7. The largest absolute Gasteiger partial charge is 0.442 e. The van der Waals surface area contributed by atoms with Crippen molar-refractivity contribution in [2.45, 2.75) is 44.1 Å². The van der Waals surface area contributed by atoms with Crippen LogP contribution in [0, 0.1) is 0 Å². The highest BCUT2D eigenvalue weighted by atomic mass is 16.5. The van der Waals surface area contributed by atoms with Crippen molar-refractivity contribution in [3.8, 4) is 0 Å². The van der Waals surface area contributed by atoms with E-state index >= 15 is 0 Å². The number of piperidine rings is 1. The Morgan fingerprint density at radius 1 is 1.41 bits per heavy atom. The molecule has 0 aliphatic carbocycles. The van der Waals surface area contributed by atoms with Crippen LogP contribution in [0.5, 0.6) is 0 Å². The third-order valence-corrected chi connectivity index (χ3v) is 3.95. The molecule has 2 aliphatic rings. The maximum atomic E-state index is 5.95. The number of nitrogens with zero attached hydrogens (tertiary/aromatic N) is 1. The van der Waals surface area contributed by atoms with Gasteiger partial charge in [0.15, 0.2) is 11.7 Å². The summed E-state index contributed by atoms with van der Waals surface area (Å²) >= 11 is 0. The van der Waals surface area contributed by atoms with Gasteiger partial charge in [-0.2, -0.15) is 0 Å². The molecule has 4 heteroatoms. The molecule has 1 N–H and O–H groups in total. The number of hydrogen-bond donors (Lipinski definition) is 1. The molecule has 2 fully saturated rings. The zero-order valence-corrected chi connectivity index (χ0v) is 10.4. The Morgan fingerprint density at radius 3 is 2.94 bits per heavy atom. The van der Waals surface area contributed by atoms with E-state index in [0.717, 1.165) is 57.0 Å². The van der Waals surface area contributed by atoms with Gasteiger partial charge in [-0.15, -0.1) is 0 Å². The van der Waals surface area contributed by atoms with Gasteiger partial charge in [-0.05, 0) is 45.7 Å². The normalized spacial score (nSPS) is 30.9. The lowest BCUT2D eigenvalue weighted by atomic mass is 9.98. The summed E-state index contributed by atoms with van der Waals surface area (Å²) in [6.45, 7) is 5.07. The van der Waals surface area contributed by atoms with Crippen LogP contribution in [-0.4, -0.2) is 24.7 Å². The molecule has 1 unspecified atom stereocenters. The fraction of sp³-hybridized carbons (Fsp3) is 0.769. The highest BCUT2D eigenvalue weighted by Crippen LogP contribution is 2.37. The van der Waals surface area contributed by atoms with Crippen LogP contribution < -0.4 is 5.32 Å². The van der Waals surface area contributed by atoms with Crippen LogP contribution in [-0.2, 0) is 10.3 Å². The molecule has 17 heavy (non-hydrogen) atoms. The second-order valence-corrected chi connectivity index (χ2v) is 5.27. The van der Waals surface area contributed by atoms with Crippen LogP contribution in [0.3, 0.4) is 0 Å². The van der Waals surface area contributed by atoms with Gasteiger partial charge >= 0.3 is 0 Å². The highest BCUT2D eigenvalue weighted by Gasteiger charge is 2.36. The minimum atomic E-state index is -0.238. The van der Waals surface area contributed by atoms with E-state index in [1.807, 2.05) is 6.20 Å². The van der Waals surface area contributed by atoms with E-state index in [4.69, 9.17) is 9.15 Å². The first-order chi connectivity index (χ1) is 8.28. The summed E-state index contributed by atoms with van der Waals surface area (Å²) in [6, 6.07) is 0. The fourth-order valence-corrected chi connectivity index (χ4v) is 2.76. The smallest absolute Gasteiger partial charge is 0.197 e. The molecule has 3 rings (SSSR count). The average molecular weight is 236 g/mol. The van der Waals surface area contributed by atoms with Crippen molar-refractivity contribution in [1.29, 1.82) is 0 Å². The van der Waals surface area contributed by atoms with E-state index in [2.05, 4.69) is 17.2 Å². The molecule has 2 saturated heterocycles. The maximum Gasteiger partial charge on any atom is 0.197 e. The van der Waals surface area contributed by atoms with Crippen LogP contribution in [0.1, 0.15) is 50.2 Å². The molecule has 1 aromatic rings. The number of oxazole rings is 1. The molecule has 4 nitrogen and oxygen atoms in total. The van der Waals surface area contributed by atoms with E-state index in [1.165, 1.54) is 0 Å². The lowest BCUT2D eigenvalue weighted by molar-refractivity contribution is -0.00204. The highest BCUT2D eigenvalue weighted by molar-refractivity contribution is 5.09. The summed E-state index contributed by atoms with van der Waals surface area (Å²) in [4.78, 5) is 4.46. The van der Waals surface area contributed by atoms with E-state index in [-0.39, 0.29) is 5.60 Å². The molecule has 0 saturated carbocycles. The SMILES string of the molecule is CC1(c2cnc(C3CCNCC3)o2)CCCO1. The predicted octanol–water partition coefficient (Wildman–Crippen LogP) is 2.17. The molecule has 0 bridgehead atoms. The summed E-state index contributed by atoms with van der Waals surface area (Å²) in [5.41, 5.74) is -0.238. The van der Waals surface area contributed by atoms with Crippen LogP contribution in [0.25, 0.3) is 0 Å². The van der Waals surface area contributed by atoms with Crippen molar-refractivity contribution in [3.05, 3.63) is 17.8 Å². The van der Waals surface area contributed by atoms with Crippen LogP contribution in [0.4, 0.5) is 0 Å². The van der Waals surface area contributed by atoms with Crippen molar-refractivity contribution in [2.75, 3.05) is 19.7 Å². The first-order valence-corrected chi connectivity index (χ1v) is 6.59. The average Bonchev–Trinajstić information content (AvgIpc) is 2.99. The Balaban J connectivity index is 1.77. The second-order valence-electron chi connectivity index (χ2n) is 5.27. The van der Waals surface area contributed by atoms with Crippen LogP contribution >= 0.6 is 0 Å². The van der Waals surface area contributed by atoms with Crippen molar-refractivity contribution < 1.29 is 9.15 Å². The van der Waals surface area contributed by atoms with Crippen molar-refractivity contribution >= 4 is 0 Å². The van der Waals surface area contributed by atoms with Gasteiger partial charge in [-0.1, -0.05) is 0 Å². The van der Waals surface area contributed by atoms with Gasteiger partial charge in [-0.3, -0.25) is 0 Å². The second kappa shape index (κ2) is 4.42. The predicted molar refractivity (Wildman–Crippen MR) is 63.9 cm³/mol. The van der Waals surface area contributed by atoms with Gasteiger partial charge in [0, 0.05) is 12.5 Å². The first kappa shape index (κ1) is 11.2. The Hall–Kier alpha value is -0.870. The van der Waals surface area contributed by atoms with E-state index in [0.29, 0.717) is 5.92 Å². The number of ether oxygens (including phenoxy) is 1. The molecular weight excluding hydrogens is 216 g/mol. The molecule has 2 aliphatic heterocycles. The molecule has 1 atom stereocenters. The minimum absolute atomic E-state index is 0.238. The number of hydrogen-bond acceptors (Lipinski definition) is 4. The third kappa shape index (κ3) is 2.11. The fourth-order valence-electron chi connectivity index (χ4n) is 2.76. The standard InChI is InChI=1S/C13H20N2O2/c1-13(5-2-8-16-13)11-9-15-12(17-11)10-3-6-14-7-4-10/h9-10,14H,2-8H2,1H3. The van der Waals surface area contributed by atoms with Crippen molar-refractivity contribution in [2.24, 2.45) is 0 Å². The molecule has 0 amide bonds. The van der Waals surface area contributed by atoms with Gasteiger partial charge < -0.3 is 14.5 Å². The van der Waals surface area contributed by atoms with Gasteiger partial charge in [0.05, 0.1) is 6.20 Å². The van der Waals surface area contributed by atoms with Crippen LogP contribution in [0.15, 0.2) is 10.6 Å². The Morgan fingerprint density at radius 2 is 2.24 bits per heavy atom. The molecule has 3 heterocycles. The lowest BCUT2D eigenvalue weighted by Crippen LogP contribution is -2.26. The number of rotatable bonds is 2. The maximum absolute atomic E-state index is 5.95. The molecule has 0 spiro atoms. The Bertz CT molecular complexity index is 377. The molecule has 1 aromatic heterocycles. The van der Waals surface area contributed by atoms with E-state index in [1.54, 1.807) is 0 Å².